The molecule has 2 aromatic rings. The number of nitrogens with two attached hydrogens (primary N) is 1. The monoisotopic (exact) mass is 244 g/mol. The quantitative estimate of drug-likeness (QED) is 0.831. The lowest BCUT2D eigenvalue weighted by Gasteiger charge is -2.25. The van der Waals surface area contributed by atoms with E-state index in [1.54, 1.807) is 18.6 Å². The number of rotatable bonds is 1. The number of nitrogen functional groups attached to an aromatic ring is 1. The van der Waals surface area contributed by atoms with Crippen LogP contribution in [0, 0.1) is 0 Å². The molecule has 1 saturated carbocycles. The fourth-order valence-electron chi connectivity index (χ4n) is 2.70. The average molecular weight is 244 g/mol. The van der Waals surface area contributed by atoms with Crippen molar-refractivity contribution in [3.8, 4) is 0 Å². The van der Waals surface area contributed by atoms with Crippen molar-refractivity contribution in [1.29, 1.82) is 0 Å². The van der Waals surface area contributed by atoms with Crippen LogP contribution in [-0.4, -0.2) is 14.5 Å². The summed E-state index contributed by atoms with van der Waals surface area (Å²) in [6.45, 7) is 0. The first-order valence-corrected chi connectivity index (χ1v) is 6.38. The number of fused-ring (bicyclic) bond motifs is 1. The van der Waals surface area contributed by atoms with Crippen LogP contribution >= 0.6 is 0 Å². The smallest absolute Gasteiger partial charge is 0.282 e. The van der Waals surface area contributed by atoms with Crippen molar-refractivity contribution in [2.24, 2.45) is 0 Å². The van der Waals surface area contributed by atoms with E-state index in [1.165, 1.54) is 19.3 Å². The second-order valence-corrected chi connectivity index (χ2v) is 4.89. The van der Waals surface area contributed by atoms with Gasteiger partial charge in [0.1, 0.15) is 12.0 Å². The Bertz CT molecular complexity index is 628. The van der Waals surface area contributed by atoms with Crippen molar-refractivity contribution in [3.05, 3.63) is 28.9 Å². The highest BCUT2D eigenvalue weighted by atomic mass is 16.1. The Morgan fingerprint density at radius 3 is 2.78 bits per heavy atom. The first kappa shape index (κ1) is 11.2. The van der Waals surface area contributed by atoms with Crippen LogP contribution in [0.4, 0.5) is 5.69 Å². The van der Waals surface area contributed by atoms with E-state index in [1.807, 2.05) is 4.57 Å². The summed E-state index contributed by atoms with van der Waals surface area (Å²) in [5.41, 5.74) is 6.64. The van der Waals surface area contributed by atoms with Gasteiger partial charge in [-0.3, -0.25) is 4.79 Å². The lowest BCUT2D eigenvalue weighted by molar-refractivity contribution is 0.356. The first-order chi connectivity index (χ1) is 8.75. The molecule has 1 aliphatic rings. The van der Waals surface area contributed by atoms with Crippen molar-refractivity contribution in [2.45, 2.75) is 38.1 Å². The van der Waals surface area contributed by atoms with Crippen molar-refractivity contribution >= 4 is 16.7 Å². The van der Waals surface area contributed by atoms with Gasteiger partial charge in [-0.1, -0.05) is 19.3 Å². The molecule has 0 spiro atoms. The van der Waals surface area contributed by atoms with E-state index >= 15 is 0 Å². The van der Waals surface area contributed by atoms with Gasteiger partial charge in [-0.2, -0.15) is 4.98 Å². The van der Waals surface area contributed by atoms with E-state index < -0.39 is 0 Å². The average Bonchev–Trinajstić information content (AvgIpc) is 2.41. The Kier molecular flexibility index (Phi) is 2.74. The van der Waals surface area contributed by atoms with Crippen LogP contribution in [-0.2, 0) is 0 Å². The van der Waals surface area contributed by atoms with Crippen LogP contribution in [0.1, 0.15) is 38.1 Å². The highest BCUT2D eigenvalue weighted by molar-refractivity contribution is 5.77. The van der Waals surface area contributed by atoms with Crippen LogP contribution < -0.4 is 11.3 Å². The minimum Gasteiger partial charge on any atom is -0.397 e. The number of pyridine rings is 1. The maximum atomic E-state index is 11.7. The summed E-state index contributed by atoms with van der Waals surface area (Å²) in [7, 11) is 0. The number of nitrogens with zero attached hydrogens (tertiary/aromatic N) is 3. The summed E-state index contributed by atoms with van der Waals surface area (Å²) in [5, 5.41) is 0.517. The second kappa shape index (κ2) is 4.40. The van der Waals surface area contributed by atoms with Crippen molar-refractivity contribution in [1.82, 2.24) is 14.5 Å². The van der Waals surface area contributed by atoms with Gasteiger partial charge >= 0.3 is 0 Å². The third-order valence-electron chi connectivity index (χ3n) is 3.63. The van der Waals surface area contributed by atoms with Crippen LogP contribution in [0.5, 0.6) is 0 Å². The molecule has 0 unspecified atom stereocenters. The summed E-state index contributed by atoms with van der Waals surface area (Å²) in [5.74, 6) is 0. The van der Waals surface area contributed by atoms with Gasteiger partial charge in [0.05, 0.1) is 17.3 Å². The highest BCUT2D eigenvalue weighted by Gasteiger charge is 2.17. The lowest BCUT2D eigenvalue weighted by Crippen LogP contribution is -2.19. The molecule has 0 aromatic carbocycles. The zero-order chi connectivity index (χ0) is 12.5. The van der Waals surface area contributed by atoms with Crippen LogP contribution in [0.3, 0.4) is 0 Å². The van der Waals surface area contributed by atoms with Gasteiger partial charge in [0.2, 0.25) is 0 Å². The molecule has 5 heteroatoms. The SMILES string of the molecule is Nc1cnc2c(c1)c(=O)ncn2C1CCCCC1. The van der Waals surface area contributed by atoms with Gasteiger partial charge in [-0.25, -0.2) is 4.98 Å². The Labute approximate surface area is 105 Å². The minimum absolute atomic E-state index is 0.253. The van der Waals surface area contributed by atoms with Gasteiger partial charge in [-0.05, 0) is 18.9 Å². The minimum atomic E-state index is -0.253. The Balaban J connectivity index is 2.17. The largest absolute Gasteiger partial charge is 0.397 e. The summed E-state index contributed by atoms with van der Waals surface area (Å²) in [4.78, 5) is 20.0. The number of aromatic nitrogens is 3. The Morgan fingerprint density at radius 1 is 1.22 bits per heavy atom. The van der Waals surface area contributed by atoms with E-state index in [-0.39, 0.29) is 5.56 Å². The molecule has 0 aliphatic heterocycles. The second-order valence-electron chi connectivity index (χ2n) is 4.89. The molecule has 0 saturated heterocycles. The molecule has 0 radical (unpaired) electrons. The standard InChI is InChI=1S/C13H16N4O/c14-9-6-11-12(15-7-9)17(8-16-13(11)18)10-4-2-1-3-5-10/h6-8,10H,1-5,14H2. The molecule has 0 bridgehead atoms. The maximum Gasteiger partial charge on any atom is 0.282 e. The molecule has 3 rings (SSSR count). The number of hydrogen-bond acceptors (Lipinski definition) is 4. The summed E-state index contributed by atoms with van der Waals surface area (Å²) >= 11 is 0. The third kappa shape index (κ3) is 1.85. The van der Waals surface area contributed by atoms with Crippen LogP contribution in [0.2, 0.25) is 0 Å². The molecular weight excluding hydrogens is 228 g/mol. The molecule has 0 amide bonds. The fraction of sp³-hybridized carbons (Fsp3) is 0.462. The molecular formula is C13H16N4O. The Hall–Kier alpha value is -1.91. The van der Waals surface area contributed by atoms with Crippen LogP contribution in [0.25, 0.3) is 11.0 Å². The van der Waals surface area contributed by atoms with E-state index in [2.05, 4.69) is 9.97 Å². The molecule has 1 fully saturated rings. The van der Waals surface area contributed by atoms with Crippen molar-refractivity contribution in [3.63, 3.8) is 0 Å². The van der Waals surface area contributed by atoms with Crippen LogP contribution in [0.15, 0.2) is 23.4 Å². The summed E-state index contributed by atoms with van der Waals surface area (Å²) in [6, 6.07) is 2.07. The molecule has 2 heterocycles. The van der Waals surface area contributed by atoms with Crippen molar-refractivity contribution < 1.29 is 0 Å². The molecule has 5 nitrogen and oxygen atoms in total. The third-order valence-corrected chi connectivity index (χ3v) is 3.63. The van der Waals surface area contributed by atoms with Gasteiger partial charge in [0.25, 0.3) is 5.56 Å². The zero-order valence-corrected chi connectivity index (χ0v) is 10.2. The molecule has 18 heavy (non-hydrogen) atoms. The fourth-order valence-corrected chi connectivity index (χ4v) is 2.70. The molecule has 0 atom stereocenters. The van der Waals surface area contributed by atoms with Gasteiger partial charge in [0.15, 0.2) is 0 Å². The summed E-state index contributed by atoms with van der Waals surface area (Å²) in [6.07, 6.45) is 9.24. The number of anilines is 1. The molecule has 94 valence electrons. The van der Waals surface area contributed by atoms with Crippen molar-refractivity contribution in [2.75, 3.05) is 5.73 Å². The number of hydrogen-bond donors (Lipinski definition) is 1. The molecule has 2 aromatic heterocycles. The van der Waals surface area contributed by atoms with Gasteiger partial charge in [0, 0.05) is 6.04 Å². The normalized spacial score (nSPS) is 17.1. The highest BCUT2D eigenvalue weighted by Crippen LogP contribution is 2.29. The van der Waals surface area contributed by atoms with E-state index in [0.717, 1.165) is 12.8 Å². The first-order valence-electron chi connectivity index (χ1n) is 6.38. The van der Waals surface area contributed by atoms with Gasteiger partial charge in [-0.15, -0.1) is 0 Å². The topological polar surface area (TPSA) is 73.8 Å². The predicted molar refractivity (Wildman–Crippen MR) is 70.3 cm³/mol. The maximum absolute atomic E-state index is 11.7. The van der Waals surface area contributed by atoms with E-state index in [4.69, 9.17) is 5.73 Å². The molecule has 1 aliphatic carbocycles. The van der Waals surface area contributed by atoms with E-state index in [0.29, 0.717) is 22.8 Å². The lowest BCUT2D eigenvalue weighted by atomic mass is 9.95. The molecule has 2 N–H and O–H groups in total. The van der Waals surface area contributed by atoms with E-state index in [9.17, 15) is 4.79 Å². The Morgan fingerprint density at radius 2 is 2.00 bits per heavy atom. The van der Waals surface area contributed by atoms with Gasteiger partial charge < -0.3 is 10.3 Å². The zero-order valence-electron chi connectivity index (χ0n) is 10.2. The predicted octanol–water partition coefficient (Wildman–Crippen LogP) is 1.88. The summed E-state index contributed by atoms with van der Waals surface area (Å²) < 4.78 is 2.04.